The summed E-state index contributed by atoms with van der Waals surface area (Å²) in [7, 11) is -13.2. The third-order valence-electron chi connectivity index (χ3n) is 3.02. The Kier molecular flexibility index (Phi) is 5.02. The van der Waals surface area contributed by atoms with E-state index < -0.39 is 69.4 Å². The first-order valence-electron chi connectivity index (χ1n) is 6.28. The first-order chi connectivity index (χ1) is 11.6. The van der Waals surface area contributed by atoms with Crippen LogP contribution in [0.1, 0.15) is 12.8 Å². The third kappa shape index (κ3) is 3.25. The predicted molar refractivity (Wildman–Crippen MR) is 66.4 cm³/mol. The van der Waals surface area contributed by atoms with E-state index in [2.05, 4.69) is 0 Å². The number of sulfonamides is 2. The van der Waals surface area contributed by atoms with Crippen molar-refractivity contribution in [1.29, 1.82) is 0 Å². The standard InChI is InChI=1S/C10H6F8N2O4S2/c11-4-5(12)7(14)9(8(15)6(4)13)25(21,22)20(19-3-1-2-3)26(23,24)10(16,17)18/h3,19H,1-2H2. The smallest absolute Gasteiger partial charge is 0.223 e. The van der Waals surface area contributed by atoms with Crippen molar-refractivity contribution in [3.8, 4) is 0 Å². The lowest BCUT2D eigenvalue weighted by Gasteiger charge is -2.24. The monoisotopic (exact) mass is 434 g/mol. The van der Waals surface area contributed by atoms with Gasteiger partial charge in [0.15, 0.2) is 28.2 Å². The average molecular weight is 434 g/mol. The van der Waals surface area contributed by atoms with Gasteiger partial charge in [-0.25, -0.2) is 44.2 Å². The molecule has 16 heteroatoms. The molecule has 0 unspecified atom stereocenters. The van der Waals surface area contributed by atoms with Crippen LogP contribution in [-0.4, -0.2) is 32.2 Å². The second-order valence-electron chi connectivity index (χ2n) is 4.96. The van der Waals surface area contributed by atoms with Crippen LogP contribution >= 0.6 is 0 Å². The number of hydrazine groups is 1. The van der Waals surface area contributed by atoms with E-state index in [4.69, 9.17) is 0 Å². The van der Waals surface area contributed by atoms with Crippen LogP contribution in [0.4, 0.5) is 35.1 Å². The average Bonchev–Trinajstić information content (AvgIpc) is 3.31. The maximum absolute atomic E-state index is 13.7. The summed E-state index contributed by atoms with van der Waals surface area (Å²) in [5.41, 5.74) is -4.91. The van der Waals surface area contributed by atoms with Crippen molar-refractivity contribution in [1.82, 2.24) is 9.25 Å². The summed E-state index contributed by atoms with van der Waals surface area (Å²) < 4.78 is 150. The van der Waals surface area contributed by atoms with Crippen LogP contribution in [0.3, 0.4) is 0 Å². The highest BCUT2D eigenvalue weighted by Crippen LogP contribution is 2.35. The fraction of sp³-hybridized carbons (Fsp3) is 0.400. The second kappa shape index (κ2) is 6.28. The molecule has 0 amide bonds. The molecule has 1 aromatic rings. The zero-order valence-electron chi connectivity index (χ0n) is 11.9. The Morgan fingerprint density at radius 1 is 0.808 bits per heavy atom. The minimum Gasteiger partial charge on any atom is -0.223 e. The molecule has 148 valence electrons. The Labute approximate surface area is 140 Å². The largest absolute Gasteiger partial charge is 0.513 e. The lowest BCUT2D eigenvalue weighted by atomic mass is 10.3. The minimum atomic E-state index is -6.81. The van der Waals surface area contributed by atoms with E-state index >= 15 is 0 Å². The van der Waals surface area contributed by atoms with Gasteiger partial charge in [-0.2, -0.15) is 13.2 Å². The first-order valence-corrected chi connectivity index (χ1v) is 9.16. The van der Waals surface area contributed by atoms with E-state index in [1.165, 1.54) is 5.43 Å². The summed E-state index contributed by atoms with van der Waals surface area (Å²) in [5, 5.41) is 0. The van der Waals surface area contributed by atoms with Gasteiger partial charge in [-0.15, -0.1) is 0 Å². The summed E-state index contributed by atoms with van der Waals surface area (Å²) in [4.78, 5) is -2.74. The van der Waals surface area contributed by atoms with E-state index in [0.717, 1.165) is 0 Å². The van der Waals surface area contributed by atoms with Gasteiger partial charge in [0.1, 0.15) is 0 Å². The van der Waals surface area contributed by atoms with Gasteiger partial charge < -0.3 is 0 Å². The minimum absolute atomic E-state index is 0.00347. The van der Waals surface area contributed by atoms with Crippen molar-refractivity contribution in [2.75, 3.05) is 0 Å². The van der Waals surface area contributed by atoms with Crippen molar-refractivity contribution in [2.24, 2.45) is 0 Å². The highest BCUT2D eigenvalue weighted by Gasteiger charge is 2.57. The zero-order valence-corrected chi connectivity index (χ0v) is 13.5. The normalized spacial score (nSPS) is 16.3. The molecule has 6 nitrogen and oxygen atoms in total. The molecule has 0 aromatic heterocycles. The molecule has 1 aromatic carbocycles. The molecule has 0 saturated heterocycles. The molecule has 1 N–H and O–H groups in total. The molecule has 1 fully saturated rings. The van der Waals surface area contributed by atoms with Gasteiger partial charge in [-0.3, -0.25) is 0 Å². The topological polar surface area (TPSA) is 83.6 Å². The number of hydrogen-bond acceptors (Lipinski definition) is 5. The van der Waals surface area contributed by atoms with Crippen LogP contribution in [0, 0.1) is 29.1 Å². The van der Waals surface area contributed by atoms with E-state index in [1.807, 2.05) is 0 Å². The molecule has 0 heterocycles. The highest BCUT2D eigenvalue weighted by molar-refractivity contribution is 8.04. The molecule has 0 radical (unpaired) electrons. The van der Waals surface area contributed by atoms with Crippen LogP contribution < -0.4 is 5.43 Å². The number of benzene rings is 1. The van der Waals surface area contributed by atoms with Crippen LogP contribution in [0.2, 0.25) is 0 Å². The molecule has 1 aliphatic carbocycles. The number of alkyl halides is 3. The molecule has 0 atom stereocenters. The maximum atomic E-state index is 13.7. The van der Waals surface area contributed by atoms with Gasteiger partial charge in [-0.1, -0.05) is 0 Å². The molecule has 1 aliphatic rings. The number of hydrogen-bond donors (Lipinski definition) is 1. The molecular weight excluding hydrogens is 428 g/mol. The molecule has 26 heavy (non-hydrogen) atoms. The molecule has 2 rings (SSSR count). The summed E-state index contributed by atoms with van der Waals surface area (Å²) >= 11 is 0. The highest BCUT2D eigenvalue weighted by atomic mass is 32.3. The third-order valence-corrected chi connectivity index (χ3v) is 6.74. The van der Waals surface area contributed by atoms with Gasteiger partial charge in [0.25, 0.3) is 10.0 Å². The summed E-state index contributed by atoms with van der Waals surface area (Å²) in [5.74, 6) is -14.4. The van der Waals surface area contributed by atoms with Crippen molar-refractivity contribution in [3.05, 3.63) is 29.1 Å². The molecule has 0 aliphatic heterocycles. The van der Waals surface area contributed by atoms with Crippen LogP contribution in [0.25, 0.3) is 0 Å². The fourth-order valence-electron chi connectivity index (χ4n) is 1.62. The van der Waals surface area contributed by atoms with Crippen LogP contribution in [0.15, 0.2) is 4.90 Å². The Morgan fingerprint density at radius 3 is 1.54 bits per heavy atom. The quantitative estimate of drug-likeness (QED) is 0.331. The number of nitrogens with one attached hydrogen (secondary N) is 1. The maximum Gasteiger partial charge on any atom is 0.513 e. The number of rotatable bonds is 5. The summed E-state index contributed by atoms with van der Waals surface area (Å²) in [6, 6.07) is -1.14. The van der Waals surface area contributed by atoms with E-state index in [1.54, 1.807) is 0 Å². The second-order valence-corrected chi connectivity index (χ2v) is 8.69. The lowest BCUT2D eigenvalue weighted by molar-refractivity contribution is -0.0479. The van der Waals surface area contributed by atoms with Gasteiger partial charge in [0.2, 0.25) is 5.82 Å². The summed E-state index contributed by atoms with van der Waals surface area (Å²) in [6.45, 7) is 0. The lowest BCUT2D eigenvalue weighted by Crippen LogP contribution is -2.53. The van der Waals surface area contributed by atoms with Gasteiger partial charge in [0.05, 0.1) is 0 Å². The Bertz CT molecular complexity index is 927. The number of nitrogens with zero attached hydrogens (tertiary/aromatic N) is 1. The van der Waals surface area contributed by atoms with E-state index in [0.29, 0.717) is 0 Å². The van der Waals surface area contributed by atoms with E-state index in [-0.39, 0.29) is 12.8 Å². The summed E-state index contributed by atoms with van der Waals surface area (Å²) in [6.07, 6.45) is -0.00694. The van der Waals surface area contributed by atoms with Crippen molar-refractivity contribution in [3.63, 3.8) is 0 Å². The Morgan fingerprint density at radius 2 is 1.19 bits per heavy atom. The van der Waals surface area contributed by atoms with Crippen LogP contribution in [-0.2, 0) is 20.0 Å². The SMILES string of the molecule is O=S(=O)(c1c(F)c(F)c(F)c(F)c1F)N(NC1CC1)S(=O)(=O)C(F)(F)F. The predicted octanol–water partition coefficient (Wildman–Crippen LogP) is 1.89. The van der Waals surface area contributed by atoms with Crippen molar-refractivity contribution < 1.29 is 52.0 Å². The Balaban J connectivity index is 2.78. The van der Waals surface area contributed by atoms with Gasteiger partial charge in [-0.05, 0) is 16.7 Å². The zero-order chi connectivity index (χ0) is 20.2. The molecular formula is C10H6F8N2O4S2. The van der Waals surface area contributed by atoms with Crippen LogP contribution in [0.5, 0.6) is 0 Å². The van der Waals surface area contributed by atoms with Gasteiger partial charge >= 0.3 is 15.5 Å². The van der Waals surface area contributed by atoms with Gasteiger partial charge in [0, 0.05) is 6.04 Å². The molecule has 1 saturated carbocycles. The van der Waals surface area contributed by atoms with Crippen molar-refractivity contribution in [2.45, 2.75) is 29.3 Å². The first kappa shape index (κ1) is 20.8. The van der Waals surface area contributed by atoms with E-state index in [9.17, 15) is 52.0 Å². The molecule has 0 bridgehead atoms. The molecule has 0 spiro atoms. The fourth-order valence-corrected chi connectivity index (χ4v) is 4.69. The Hall–Kier alpha value is -1.52. The number of halogens is 8. The van der Waals surface area contributed by atoms with Crippen molar-refractivity contribution >= 4 is 20.0 Å².